The van der Waals surface area contributed by atoms with Crippen LogP contribution in [0.3, 0.4) is 0 Å². The van der Waals surface area contributed by atoms with Gasteiger partial charge in [0.1, 0.15) is 11.7 Å². The van der Waals surface area contributed by atoms with Crippen molar-refractivity contribution in [3.63, 3.8) is 0 Å². The summed E-state index contributed by atoms with van der Waals surface area (Å²) in [6.45, 7) is 3.62. The Kier molecular flexibility index (Phi) is 7.31. The van der Waals surface area contributed by atoms with Gasteiger partial charge in [-0.3, -0.25) is 19.3 Å². The van der Waals surface area contributed by atoms with Gasteiger partial charge in [0.05, 0.1) is 11.9 Å². The second kappa shape index (κ2) is 10.6. The quantitative estimate of drug-likeness (QED) is 0.448. The van der Waals surface area contributed by atoms with Gasteiger partial charge in [-0.2, -0.15) is 5.10 Å². The first-order chi connectivity index (χ1) is 17.9. The monoisotopic (exact) mass is 521 g/mol. The van der Waals surface area contributed by atoms with Crippen LogP contribution in [0.15, 0.2) is 54.9 Å². The average Bonchev–Trinajstić information content (AvgIpc) is 3.50. The number of aryl methyl sites for hydroxylation is 1. The Morgan fingerprint density at radius 3 is 2.51 bits per heavy atom. The lowest BCUT2D eigenvalue weighted by molar-refractivity contribution is -0.119. The van der Waals surface area contributed by atoms with E-state index in [0.717, 1.165) is 50.2 Å². The van der Waals surface area contributed by atoms with Crippen molar-refractivity contribution < 1.29 is 14.3 Å². The molecule has 9 heteroatoms. The van der Waals surface area contributed by atoms with Crippen molar-refractivity contribution in [3.8, 4) is 0 Å². The number of halogens is 1. The van der Waals surface area contributed by atoms with Crippen LogP contribution >= 0.6 is 11.6 Å². The van der Waals surface area contributed by atoms with E-state index < -0.39 is 6.04 Å². The Bertz CT molecular complexity index is 1260. The van der Waals surface area contributed by atoms with Gasteiger partial charge in [0, 0.05) is 49.0 Å². The Morgan fingerprint density at radius 2 is 1.89 bits per heavy atom. The third-order valence-corrected chi connectivity index (χ3v) is 8.02. The smallest absolute Gasteiger partial charge is 0.270 e. The van der Waals surface area contributed by atoms with Crippen molar-refractivity contribution in [1.29, 1.82) is 0 Å². The maximum Gasteiger partial charge on any atom is 0.270 e. The predicted molar refractivity (Wildman–Crippen MR) is 142 cm³/mol. The van der Waals surface area contributed by atoms with Crippen molar-refractivity contribution in [2.45, 2.75) is 50.5 Å². The molecule has 37 heavy (non-hydrogen) atoms. The summed E-state index contributed by atoms with van der Waals surface area (Å²) in [4.78, 5) is 31.7. The minimum Gasteiger partial charge on any atom is -0.381 e. The number of hydrogen-bond acceptors (Lipinski definition) is 5. The predicted octanol–water partition coefficient (Wildman–Crippen LogP) is 4.68. The fourth-order valence-electron chi connectivity index (χ4n) is 5.24. The first kappa shape index (κ1) is 25.4. The third kappa shape index (κ3) is 5.55. The number of carbonyl (C=O) groups excluding carboxylic acids is 2. The lowest BCUT2D eigenvalue weighted by atomic mass is 9.78. The van der Waals surface area contributed by atoms with Gasteiger partial charge in [-0.15, -0.1) is 0 Å². The first-order valence-corrected chi connectivity index (χ1v) is 13.1. The molecule has 1 aliphatic carbocycles. The van der Waals surface area contributed by atoms with E-state index in [2.05, 4.69) is 27.6 Å². The number of aromatic nitrogens is 3. The maximum atomic E-state index is 13.9. The van der Waals surface area contributed by atoms with E-state index in [1.807, 2.05) is 36.4 Å². The molecular weight excluding hydrogens is 490 g/mol. The Morgan fingerprint density at radius 1 is 1.14 bits per heavy atom. The molecule has 2 amide bonds. The zero-order valence-corrected chi connectivity index (χ0v) is 21.9. The van der Waals surface area contributed by atoms with Crippen LogP contribution in [-0.2, 0) is 16.6 Å². The normalized spacial score (nSPS) is 18.6. The highest BCUT2D eigenvalue weighted by Gasteiger charge is 2.51. The Labute approximate surface area is 221 Å². The van der Waals surface area contributed by atoms with Crippen molar-refractivity contribution in [1.82, 2.24) is 20.1 Å². The van der Waals surface area contributed by atoms with Gasteiger partial charge in [0.2, 0.25) is 5.91 Å². The lowest BCUT2D eigenvalue weighted by Crippen LogP contribution is -2.50. The second-order valence-corrected chi connectivity index (χ2v) is 10.7. The minimum atomic E-state index is -0.857. The topological polar surface area (TPSA) is 98.1 Å². The second-order valence-electron chi connectivity index (χ2n) is 10.3. The molecule has 3 heterocycles. The molecule has 2 aromatic heterocycles. The molecule has 3 aromatic rings. The molecule has 2 aliphatic rings. The van der Waals surface area contributed by atoms with Crippen LogP contribution in [0.25, 0.3) is 0 Å². The van der Waals surface area contributed by atoms with Gasteiger partial charge in [-0.05, 0) is 60.9 Å². The van der Waals surface area contributed by atoms with Crippen molar-refractivity contribution in [2.24, 2.45) is 12.5 Å². The van der Waals surface area contributed by atoms with E-state index in [0.29, 0.717) is 22.3 Å². The molecule has 5 rings (SSSR count). The Balaban J connectivity index is 1.43. The number of amides is 2. The molecular formula is C28H32ClN5O3. The number of nitrogens with zero attached hydrogens (tertiary/aromatic N) is 3. The maximum absolute atomic E-state index is 13.9. The van der Waals surface area contributed by atoms with Crippen LogP contribution in [0.2, 0.25) is 5.02 Å². The highest BCUT2D eigenvalue weighted by atomic mass is 35.5. The number of ether oxygens (including phenoxy) is 1. The van der Waals surface area contributed by atoms with E-state index in [1.54, 1.807) is 25.5 Å². The standard InChI is InChI=1S/C28H32ClN5O3/c1-28(12-13-28)24(20-5-3-4-6-21(20)29)25(33-26(35)23-9-14-31-34(23)2)27(36)32-19-7-8-22(30-17-19)18-10-15-37-16-11-18/h3-9,14,17-18,24-25H,10-13,15-16H2,1-2H3,(H,32,36)(H,33,35)/t24?,25-/m0/s1. The molecule has 1 aliphatic heterocycles. The fraction of sp³-hybridized carbons (Fsp3) is 0.429. The van der Waals surface area contributed by atoms with Gasteiger partial charge in [0.25, 0.3) is 5.91 Å². The fourth-order valence-corrected chi connectivity index (χ4v) is 5.49. The van der Waals surface area contributed by atoms with Crippen LogP contribution < -0.4 is 10.6 Å². The molecule has 0 spiro atoms. The zero-order valence-electron chi connectivity index (χ0n) is 21.1. The molecule has 1 saturated heterocycles. The SMILES string of the molecule is Cn1nccc1C(=O)N[C@H](C(=O)Nc1ccc(C2CCOCC2)nc1)C(c1ccccc1Cl)C1(C)CC1. The molecule has 2 atom stereocenters. The molecule has 0 bridgehead atoms. The number of carbonyl (C=O) groups is 2. The summed E-state index contributed by atoms with van der Waals surface area (Å²) in [6.07, 6.45) is 7.01. The van der Waals surface area contributed by atoms with Gasteiger partial charge in [0.15, 0.2) is 0 Å². The van der Waals surface area contributed by atoms with Gasteiger partial charge in [-0.1, -0.05) is 36.7 Å². The highest BCUT2D eigenvalue weighted by molar-refractivity contribution is 6.31. The van der Waals surface area contributed by atoms with Crippen LogP contribution in [-0.4, -0.2) is 45.8 Å². The summed E-state index contributed by atoms with van der Waals surface area (Å²) in [7, 11) is 1.70. The zero-order chi connectivity index (χ0) is 26.0. The van der Waals surface area contributed by atoms with Crippen LogP contribution in [0.1, 0.15) is 66.2 Å². The van der Waals surface area contributed by atoms with Crippen LogP contribution in [0.5, 0.6) is 0 Å². The van der Waals surface area contributed by atoms with Gasteiger partial charge < -0.3 is 15.4 Å². The summed E-state index contributed by atoms with van der Waals surface area (Å²) in [5, 5.41) is 10.7. The highest BCUT2D eigenvalue weighted by Crippen LogP contribution is 2.58. The van der Waals surface area contributed by atoms with Crippen LogP contribution in [0, 0.1) is 5.41 Å². The summed E-state index contributed by atoms with van der Waals surface area (Å²) in [5.74, 6) is -0.625. The third-order valence-electron chi connectivity index (χ3n) is 7.68. The molecule has 0 radical (unpaired) electrons. The number of rotatable bonds is 8. The number of pyridine rings is 1. The molecule has 1 unspecified atom stereocenters. The number of hydrogen-bond donors (Lipinski definition) is 2. The average molecular weight is 522 g/mol. The minimum absolute atomic E-state index is 0.169. The summed E-state index contributed by atoms with van der Waals surface area (Å²) in [5.41, 5.74) is 2.64. The van der Waals surface area contributed by atoms with Crippen molar-refractivity contribution >= 4 is 29.1 Å². The molecule has 2 fully saturated rings. The molecule has 194 valence electrons. The first-order valence-electron chi connectivity index (χ1n) is 12.7. The van der Waals surface area contributed by atoms with Gasteiger partial charge >= 0.3 is 0 Å². The van der Waals surface area contributed by atoms with E-state index in [-0.39, 0.29) is 23.1 Å². The number of benzene rings is 1. The molecule has 1 aromatic carbocycles. The summed E-state index contributed by atoms with van der Waals surface area (Å²) >= 11 is 6.64. The van der Waals surface area contributed by atoms with E-state index >= 15 is 0 Å². The van der Waals surface area contributed by atoms with Gasteiger partial charge in [-0.25, -0.2) is 0 Å². The molecule has 1 saturated carbocycles. The largest absolute Gasteiger partial charge is 0.381 e. The van der Waals surface area contributed by atoms with Crippen molar-refractivity contribution in [3.05, 3.63) is 76.8 Å². The Hall–Kier alpha value is -3.23. The van der Waals surface area contributed by atoms with E-state index in [4.69, 9.17) is 16.3 Å². The van der Waals surface area contributed by atoms with Crippen molar-refractivity contribution in [2.75, 3.05) is 18.5 Å². The number of nitrogens with one attached hydrogen (secondary N) is 2. The number of anilines is 1. The molecule has 8 nitrogen and oxygen atoms in total. The van der Waals surface area contributed by atoms with Crippen LogP contribution in [0.4, 0.5) is 5.69 Å². The lowest BCUT2D eigenvalue weighted by Gasteiger charge is -2.33. The summed E-state index contributed by atoms with van der Waals surface area (Å²) in [6, 6.07) is 12.2. The van der Waals surface area contributed by atoms with E-state index in [9.17, 15) is 9.59 Å². The molecule has 2 N–H and O–H groups in total. The van der Waals surface area contributed by atoms with E-state index in [1.165, 1.54) is 4.68 Å². The summed E-state index contributed by atoms with van der Waals surface area (Å²) < 4.78 is 6.95.